The number of hydrogen-bond donors (Lipinski definition) is 0. The van der Waals surface area contributed by atoms with E-state index in [1.54, 1.807) is 30.3 Å². The minimum atomic E-state index is -0.105. The van der Waals surface area contributed by atoms with Crippen LogP contribution in [0.4, 0.5) is 0 Å². The summed E-state index contributed by atoms with van der Waals surface area (Å²) in [5.41, 5.74) is 2.20. The third kappa shape index (κ3) is 3.86. The number of benzene rings is 2. The first-order valence-electron chi connectivity index (χ1n) is 7.03. The van der Waals surface area contributed by atoms with Gasteiger partial charge in [0, 0.05) is 11.6 Å². The van der Waals surface area contributed by atoms with Crippen molar-refractivity contribution in [3.05, 3.63) is 59.2 Å². The molecular weight excluding hydrogens is 278 g/mol. The fourth-order valence-corrected chi connectivity index (χ4v) is 1.93. The zero-order valence-electron chi connectivity index (χ0n) is 12.6. The number of nitrogens with zero attached hydrogens (tertiary/aromatic N) is 1. The van der Waals surface area contributed by atoms with Crippen LogP contribution in [0.15, 0.2) is 42.5 Å². The Bertz CT molecular complexity index is 699. The van der Waals surface area contributed by atoms with E-state index in [0.717, 1.165) is 5.56 Å². The molecule has 0 saturated carbocycles. The molecule has 0 unspecified atom stereocenters. The van der Waals surface area contributed by atoms with E-state index in [4.69, 9.17) is 14.7 Å². The van der Waals surface area contributed by atoms with Crippen molar-refractivity contribution in [3.63, 3.8) is 0 Å². The molecule has 0 aliphatic rings. The van der Waals surface area contributed by atoms with Gasteiger partial charge in [-0.05, 0) is 26.0 Å². The van der Waals surface area contributed by atoms with Gasteiger partial charge in [-0.2, -0.15) is 5.26 Å². The Kier molecular flexibility index (Phi) is 5.16. The maximum atomic E-state index is 12.1. The molecule has 0 bridgehead atoms. The van der Waals surface area contributed by atoms with Crippen LogP contribution < -0.4 is 9.47 Å². The summed E-state index contributed by atoms with van der Waals surface area (Å²) >= 11 is 0. The SMILES string of the molecule is CCOc1cc(C#N)ccc1OCC(=O)c1ccc(C)cc1. The largest absolute Gasteiger partial charge is 0.490 e. The number of ketones is 1. The highest BCUT2D eigenvalue weighted by atomic mass is 16.5. The van der Waals surface area contributed by atoms with Crippen molar-refractivity contribution in [1.82, 2.24) is 0 Å². The first-order valence-corrected chi connectivity index (χ1v) is 7.03. The minimum Gasteiger partial charge on any atom is -0.490 e. The van der Waals surface area contributed by atoms with E-state index < -0.39 is 0 Å². The second kappa shape index (κ2) is 7.28. The monoisotopic (exact) mass is 295 g/mol. The number of carbonyl (C=O) groups is 1. The van der Waals surface area contributed by atoms with Crippen LogP contribution in [-0.4, -0.2) is 19.0 Å². The van der Waals surface area contributed by atoms with Crippen LogP contribution in [0.3, 0.4) is 0 Å². The van der Waals surface area contributed by atoms with Crippen molar-refractivity contribution >= 4 is 5.78 Å². The Balaban J connectivity index is 2.09. The summed E-state index contributed by atoms with van der Waals surface area (Å²) in [5.74, 6) is 0.825. The van der Waals surface area contributed by atoms with E-state index in [1.807, 2.05) is 32.0 Å². The summed E-state index contributed by atoms with van der Waals surface area (Å²) in [6.07, 6.45) is 0. The quantitative estimate of drug-likeness (QED) is 0.765. The molecule has 0 radical (unpaired) electrons. The number of ether oxygens (including phenoxy) is 2. The molecule has 112 valence electrons. The van der Waals surface area contributed by atoms with Gasteiger partial charge in [0.05, 0.1) is 18.2 Å². The molecule has 0 N–H and O–H groups in total. The molecule has 0 amide bonds. The van der Waals surface area contributed by atoms with E-state index in [9.17, 15) is 4.79 Å². The maximum absolute atomic E-state index is 12.1. The van der Waals surface area contributed by atoms with Crippen LogP contribution in [-0.2, 0) is 0 Å². The van der Waals surface area contributed by atoms with Gasteiger partial charge in [-0.1, -0.05) is 29.8 Å². The zero-order chi connectivity index (χ0) is 15.9. The normalized spacial score (nSPS) is 9.86. The summed E-state index contributed by atoms with van der Waals surface area (Å²) in [4.78, 5) is 12.1. The van der Waals surface area contributed by atoms with E-state index in [2.05, 4.69) is 0 Å². The summed E-state index contributed by atoms with van der Waals surface area (Å²) in [7, 11) is 0. The fourth-order valence-electron chi connectivity index (χ4n) is 1.93. The molecule has 2 aromatic rings. The number of aryl methyl sites for hydroxylation is 1. The molecule has 0 saturated heterocycles. The highest BCUT2D eigenvalue weighted by Crippen LogP contribution is 2.28. The van der Waals surface area contributed by atoms with Crippen molar-refractivity contribution in [2.75, 3.05) is 13.2 Å². The molecule has 0 aliphatic carbocycles. The molecule has 2 rings (SSSR count). The molecular formula is C18H17NO3. The third-order valence-electron chi connectivity index (χ3n) is 3.10. The molecule has 0 fully saturated rings. The first kappa shape index (κ1) is 15.6. The van der Waals surface area contributed by atoms with Crippen molar-refractivity contribution in [2.24, 2.45) is 0 Å². The van der Waals surface area contributed by atoms with Crippen LogP contribution in [0.25, 0.3) is 0 Å². The number of rotatable bonds is 6. The number of carbonyl (C=O) groups excluding carboxylic acids is 1. The van der Waals surface area contributed by atoms with Gasteiger partial charge in [-0.3, -0.25) is 4.79 Å². The van der Waals surface area contributed by atoms with Crippen LogP contribution in [0.1, 0.15) is 28.4 Å². The summed E-state index contributed by atoms with van der Waals surface area (Å²) in [6.45, 7) is 4.20. The lowest BCUT2D eigenvalue weighted by Gasteiger charge is -2.11. The molecule has 2 aromatic carbocycles. The van der Waals surface area contributed by atoms with E-state index >= 15 is 0 Å². The van der Waals surface area contributed by atoms with Gasteiger partial charge in [0.1, 0.15) is 0 Å². The number of nitriles is 1. The second-order valence-corrected chi connectivity index (χ2v) is 4.78. The van der Waals surface area contributed by atoms with Gasteiger partial charge in [-0.15, -0.1) is 0 Å². The number of Topliss-reactive ketones (excluding diaryl/α,β-unsaturated/α-hetero) is 1. The highest BCUT2D eigenvalue weighted by molar-refractivity contribution is 5.97. The van der Waals surface area contributed by atoms with Crippen LogP contribution >= 0.6 is 0 Å². The van der Waals surface area contributed by atoms with Gasteiger partial charge < -0.3 is 9.47 Å². The zero-order valence-corrected chi connectivity index (χ0v) is 12.6. The lowest BCUT2D eigenvalue weighted by Crippen LogP contribution is -2.12. The van der Waals surface area contributed by atoms with Gasteiger partial charge in [0.15, 0.2) is 23.9 Å². The third-order valence-corrected chi connectivity index (χ3v) is 3.10. The van der Waals surface area contributed by atoms with Gasteiger partial charge in [0.2, 0.25) is 0 Å². The Hall–Kier alpha value is -2.80. The van der Waals surface area contributed by atoms with Crippen LogP contribution in [0.2, 0.25) is 0 Å². The van der Waals surface area contributed by atoms with E-state index in [1.165, 1.54) is 0 Å². The molecule has 4 heteroatoms. The Morgan fingerprint density at radius 3 is 2.45 bits per heavy atom. The predicted molar refractivity (Wildman–Crippen MR) is 83.3 cm³/mol. The molecule has 22 heavy (non-hydrogen) atoms. The average molecular weight is 295 g/mol. The predicted octanol–water partition coefficient (Wildman–Crippen LogP) is 3.53. The molecule has 4 nitrogen and oxygen atoms in total. The van der Waals surface area contributed by atoms with Crippen molar-refractivity contribution in [2.45, 2.75) is 13.8 Å². The Morgan fingerprint density at radius 1 is 1.09 bits per heavy atom. The maximum Gasteiger partial charge on any atom is 0.200 e. The standard InChI is InChI=1S/C18H17NO3/c1-3-21-18-10-14(11-19)6-9-17(18)22-12-16(20)15-7-4-13(2)5-8-15/h4-10H,3,12H2,1-2H3. The molecule has 0 aliphatic heterocycles. The van der Waals surface area contributed by atoms with Crippen molar-refractivity contribution in [3.8, 4) is 17.6 Å². The second-order valence-electron chi connectivity index (χ2n) is 4.78. The van der Waals surface area contributed by atoms with Gasteiger partial charge in [-0.25, -0.2) is 0 Å². The van der Waals surface area contributed by atoms with Crippen molar-refractivity contribution in [1.29, 1.82) is 5.26 Å². The van der Waals surface area contributed by atoms with E-state index in [0.29, 0.717) is 29.2 Å². The van der Waals surface area contributed by atoms with Crippen LogP contribution in [0.5, 0.6) is 11.5 Å². The van der Waals surface area contributed by atoms with E-state index in [-0.39, 0.29) is 12.4 Å². The lowest BCUT2D eigenvalue weighted by atomic mass is 10.1. The molecule has 0 aromatic heterocycles. The van der Waals surface area contributed by atoms with Crippen molar-refractivity contribution < 1.29 is 14.3 Å². The van der Waals surface area contributed by atoms with Crippen LogP contribution in [0, 0.1) is 18.3 Å². The number of hydrogen-bond acceptors (Lipinski definition) is 4. The topological polar surface area (TPSA) is 59.3 Å². The average Bonchev–Trinajstić information content (AvgIpc) is 2.54. The molecule has 0 spiro atoms. The first-order chi connectivity index (χ1) is 10.6. The molecule has 0 heterocycles. The fraction of sp³-hybridized carbons (Fsp3) is 0.222. The lowest BCUT2D eigenvalue weighted by molar-refractivity contribution is 0.0919. The summed E-state index contributed by atoms with van der Waals surface area (Å²) in [6, 6.07) is 14.3. The van der Waals surface area contributed by atoms with Gasteiger partial charge in [0.25, 0.3) is 0 Å². The highest BCUT2D eigenvalue weighted by Gasteiger charge is 2.10. The smallest absolute Gasteiger partial charge is 0.200 e. The molecule has 0 atom stereocenters. The van der Waals surface area contributed by atoms with Gasteiger partial charge >= 0.3 is 0 Å². The summed E-state index contributed by atoms with van der Waals surface area (Å²) < 4.78 is 11.0. The minimum absolute atomic E-state index is 0.0744. The Morgan fingerprint density at radius 2 is 1.82 bits per heavy atom. The summed E-state index contributed by atoms with van der Waals surface area (Å²) in [5, 5.41) is 8.91. The Labute approximate surface area is 129 Å².